The summed E-state index contributed by atoms with van der Waals surface area (Å²) in [5.74, 6) is 0.215. The van der Waals surface area contributed by atoms with Gasteiger partial charge in [0.1, 0.15) is 5.78 Å². The van der Waals surface area contributed by atoms with Crippen LogP contribution in [0, 0.1) is 12.3 Å². The van der Waals surface area contributed by atoms with Crippen LogP contribution >= 0.6 is 10.8 Å². The fraction of sp³-hybridized carbons (Fsp3) is 0.417. The summed E-state index contributed by atoms with van der Waals surface area (Å²) in [5.41, 5.74) is -0.208. The Labute approximate surface area is 125 Å². The van der Waals surface area contributed by atoms with Crippen LogP contribution in [0.3, 0.4) is 0 Å². The van der Waals surface area contributed by atoms with Crippen molar-refractivity contribution < 1.29 is 23.4 Å². The summed E-state index contributed by atoms with van der Waals surface area (Å²) in [7, 11) is 1.24. The first-order chi connectivity index (χ1) is 7.44. The molecular weight excluding hydrogens is 289 g/mol. The maximum absolute atomic E-state index is 10.7. The average molecular weight is 306 g/mol. The molecule has 0 aromatic carbocycles. The first-order valence-corrected chi connectivity index (χ1v) is 6.69. The second kappa shape index (κ2) is 10.1. The number of nitrogens with zero attached hydrogens (tertiary/aromatic N) is 1. The van der Waals surface area contributed by atoms with Gasteiger partial charge in [0.25, 0.3) is 0 Å². The van der Waals surface area contributed by atoms with Gasteiger partial charge in [0.15, 0.2) is 0 Å². The molecule has 1 heterocycles. The molecule has 0 unspecified atom stereocenters. The number of rotatable bonds is 3. The Balaban J connectivity index is 0. The van der Waals surface area contributed by atoms with Gasteiger partial charge in [0.05, 0.1) is 5.03 Å². The largest absolute Gasteiger partial charge is 2.00 e. The maximum atomic E-state index is 10.7. The van der Waals surface area contributed by atoms with Gasteiger partial charge >= 0.3 is 18.6 Å². The Morgan fingerprint density at radius 3 is 2.29 bits per heavy atom. The quantitative estimate of drug-likeness (QED) is 0.486. The third kappa shape index (κ3) is 8.78. The van der Waals surface area contributed by atoms with Crippen LogP contribution in [-0.2, 0) is 35.0 Å². The zero-order valence-electron chi connectivity index (χ0n) is 10.3. The molecule has 1 radical (unpaired) electrons. The number of ketones is 1. The summed E-state index contributed by atoms with van der Waals surface area (Å²) in [4.78, 5) is 14.6. The van der Waals surface area contributed by atoms with Crippen LogP contribution in [0.2, 0.25) is 0 Å². The van der Waals surface area contributed by atoms with Gasteiger partial charge < -0.3 is 18.6 Å². The smallest absolute Gasteiger partial charge is 0.712 e. The number of pyridine rings is 1. The Bertz CT molecular complexity index is 318. The number of aromatic nitrogens is 1. The van der Waals surface area contributed by atoms with Gasteiger partial charge in [-0.15, -0.1) is 0 Å². The molecule has 1 aromatic rings. The number of hydrogen-bond acceptors (Lipinski definition) is 4. The van der Waals surface area contributed by atoms with Crippen molar-refractivity contribution in [3.05, 3.63) is 31.3 Å². The summed E-state index contributed by atoms with van der Waals surface area (Å²) in [6, 6.07) is 5.67. The molecule has 0 fully saturated rings. The molecule has 0 N–H and O–H groups in total. The van der Waals surface area contributed by atoms with Gasteiger partial charge in [-0.05, 0) is 24.5 Å². The van der Waals surface area contributed by atoms with Crippen LogP contribution in [0.1, 0.15) is 27.2 Å². The summed E-state index contributed by atoms with van der Waals surface area (Å²) in [5, 5.41) is 0.891. The average Bonchev–Trinajstić information content (AvgIpc) is 2.30. The first-order valence-electron chi connectivity index (χ1n) is 4.95. The Morgan fingerprint density at radius 1 is 1.53 bits per heavy atom. The van der Waals surface area contributed by atoms with Crippen LogP contribution < -0.4 is 0 Å². The van der Waals surface area contributed by atoms with E-state index in [9.17, 15) is 4.79 Å². The number of carbonyl (C=O) groups excluding carboxylic acids is 1. The molecule has 0 aliphatic rings. The van der Waals surface area contributed by atoms with Crippen LogP contribution in [0.5, 0.6) is 0 Å². The minimum absolute atomic E-state index is 0. The normalized spacial score (nSPS) is 9.71. The molecule has 5 heteroatoms. The van der Waals surface area contributed by atoms with Crippen molar-refractivity contribution in [1.29, 1.82) is 0 Å². The van der Waals surface area contributed by atoms with Crippen LogP contribution in [0.15, 0.2) is 29.4 Å². The van der Waals surface area contributed by atoms with E-state index < -0.39 is 0 Å². The molecule has 0 spiro atoms. The molecule has 1 rings (SSSR count). The van der Waals surface area contributed by atoms with Crippen molar-refractivity contribution in [2.75, 3.05) is 0 Å². The van der Waals surface area contributed by atoms with Crippen LogP contribution in [0.25, 0.3) is 0 Å². The monoisotopic (exact) mass is 306 g/mol. The van der Waals surface area contributed by atoms with E-state index in [2.05, 4.69) is 23.6 Å². The van der Waals surface area contributed by atoms with Crippen LogP contribution in [0.4, 0.5) is 0 Å². The van der Waals surface area contributed by atoms with E-state index in [1.807, 2.05) is 32.0 Å². The Kier molecular flexibility index (Phi) is 11.5. The van der Waals surface area contributed by atoms with Crippen molar-refractivity contribution in [3.8, 4) is 0 Å². The molecule has 0 bridgehead atoms. The van der Waals surface area contributed by atoms with Crippen molar-refractivity contribution in [1.82, 2.24) is 4.98 Å². The number of hydrogen-bond donors (Lipinski definition) is 0. The molecule has 0 saturated carbocycles. The zero-order valence-corrected chi connectivity index (χ0v) is 13.4. The zero-order chi connectivity index (χ0) is 12.6. The SMILES string of the molecule is [CH2-]CC(C)(C)C(C)=O.[S-]Sc1ccccn1.[V+2]. The molecule has 1 aromatic heterocycles. The standard InChI is InChI=1S/C7H13O.C5H5NS2.V/c1-5-7(3,4)6(2)8;7-8-5-3-1-2-4-6-5;/h1,5H2,2-4H3;1-4,7H;/q-1;;+2/p-1. The molecule has 0 aliphatic heterocycles. The van der Waals surface area contributed by atoms with E-state index in [-0.39, 0.29) is 29.8 Å². The van der Waals surface area contributed by atoms with Crippen LogP contribution in [-0.4, -0.2) is 10.8 Å². The molecule has 93 valence electrons. The molecule has 2 nitrogen and oxygen atoms in total. The molecule has 17 heavy (non-hydrogen) atoms. The van der Waals surface area contributed by atoms with E-state index in [0.717, 1.165) is 5.03 Å². The Morgan fingerprint density at radius 2 is 2.12 bits per heavy atom. The van der Waals surface area contributed by atoms with Crippen molar-refractivity contribution >= 4 is 28.2 Å². The van der Waals surface area contributed by atoms with Gasteiger partial charge in [0.2, 0.25) is 0 Å². The fourth-order valence-corrected chi connectivity index (χ4v) is 1.11. The number of Topliss-reactive ketones (excluding diaryl/α,β-unsaturated/α-hetero) is 1. The third-order valence-corrected chi connectivity index (χ3v) is 3.23. The first kappa shape index (κ1) is 19.4. The van der Waals surface area contributed by atoms with Gasteiger partial charge in [-0.25, -0.2) is 0 Å². The van der Waals surface area contributed by atoms with E-state index in [0.29, 0.717) is 6.42 Å². The fourth-order valence-electron chi connectivity index (χ4n) is 0.572. The molecule has 0 aliphatic carbocycles. The van der Waals surface area contributed by atoms with Crippen molar-refractivity contribution in [2.45, 2.75) is 32.2 Å². The van der Waals surface area contributed by atoms with Gasteiger partial charge in [0, 0.05) is 6.20 Å². The van der Waals surface area contributed by atoms with Crippen molar-refractivity contribution in [2.24, 2.45) is 5.41 Å². The summed E-state index contributed by atoms with van der Waals surface area (Å²) in [6.45, 7) is 9.07. The third-order valence-electron chi connectivity index (χ3n) is 2.30. The second-order valence-electron chi connectivity index (χ2n) is 3.94. The maximum Gasteiger partial charge on any atom is 2.00 e. The molecule has 0 amide bonds. The topological polar surface area (TPSA) is 30.0 Å². The summed E-state index contributed by atoms with van der Waals surface area (Å²) in [6.07, 6.45) is 2.41. The Hall–Kier alpha value is 0.104. The predicted octanol–water partition coefficient (Wildman–Crippen LogP) is 3.46. The predicted molar refractivity (Wildman–Crippen MR) is 71.9 cm³/mol. The van der Waals surface area contributed by atoms with Gasteiger partial charge in [-0.1, -0.05) is 19.9 Å². The van der Waals surface area contributed by atoms with Gasteiger partial charge in [-0.3, -0.25) is 20.6 Å². The summed E-state index contributed by atoms with van der Waals surface area (Å²) < 4.78 is 0. The van der Waals surface area contributed by atoms with E-state index >= 15 is 0 Å². The molecule has 0 atom stereocenters. The minimum Gasteiger partial charge on any atom is -0.712 e. The van der Waals surface area contributed by atoms with Gasteiger partial charge in [-0.2, -0.15) is 6.42 Å². The van der Waals surface area contributed by atoms with Crippen molar-refractivity contribution in [3.63, 3.8) is 0 Å². The molecule has 0 saturated heterocycles. The second-order valence-corrected chi connectivity index (χ2v) is 5.03. The van der Waals surface area contributed by atoms with E-state index in [1.165, 1.54) is 10.8 Å². The minimum atomic E-state index is -0.208. The number of carbonyl (C=O) groups is 1. The molecular formula is C12H17NOS2V. The van der Waals surface area contributed by atoms with E-state index in [4.69, 9.17) is 0 Å². The summed E-state index contributed by atoms with van der Waals surface area (Å²) >= 11 is 4.67. The van der Waals surface area contributed by atoms with E-state index in [1.54, 1.807) is 13.1 Å².